The van der Waals surface area contributed by atoms with Crippen LogP contribution in [-0.2, 0) is 10.5 Å². The number of hydrogen-bond acceptors (Lipinski definition) is 6. The van der Waals surface area contributed by atoms with E-state index in [1.165, 1.54) is 25.5 Å². The lowest BCUT2D eigenvalue weighted by molar-refractivity contribution is 0.0598. The van der Waals surface area contributed by atoms with Gasteiger partial charge in [-0.2, -0.15) is 0 Å². The lowest BCUT2D eigenvalue weighted by atomic mass is 10.2. The quantitative estimate of drug-likeness (QED) is 0.236. The van der Waals surface area contributed by atoms with Crippen molar-refractivity contribution in [1.82, 2.24) is 9.55 Å². The highest BCUT2D eigenvalue weighted by Crippen LogP contribution is 2.28. The van der Waals surface area contributed by atoms with Crippen molar-refractivity contribution in [1.29, 1.82) is 0 Å². The van der Waals surface area contributed by atoms with Crippen molar-refractivity contribution in [3.8, 4) is 5.69 Å². The molecule has 0 saturated carbocycles. The van der Waals surface area contributed by atoms with Gasteiger partial charge in [-0.3, -0.25) is 9.36 Å². The number of aromatic nitrogens is 2. The minimum Gasteiger partial charge on any atom is -0.468 e. The zero-order valence-electron chi connectivity index (χ0n) is 15.9. The molecule has 0 N–H and O–H groups in total. The predicted octanol–water partition coefficient (Wildman–Crippen LogP) is 4.99. The number of rotatable bonds is 5. The first-order valence-corrected chi connectivity index (χ1v) is 10.2. The Balaban J connectivity index is 1.86. The number of ether oxygens (including phenoxy) is 1. The summed E-state index contributed by atoms with van der Waals surface area (Å²) in [7, 11) is 1.25. The average Bonchev–Trinajstić information content (AvgIpc) is 3.22. The summed E-state index contributed by atoms with van der Waals surface area (Å²) in [6, 6.07) is 8.92. The van der Waals surface area contributed by atoms with Crippen molar-refractivity contribution in [2.75, 3.05) is 7.11 Å². The van der Waals surface area contributed by atoms with Gasteiger partial charge in [0.2, 0.25) is 0 Å². The maximum Gasteiger partial charge on any atom is 0.341 e. The Morgan fingerprint density at radius 2 is 2.03 bits per heavy atom. The Kier molecular flexibility index (Phi) is 5.79. The maximum absolute atomic E-state index is 14.6. The standard InChI is InChI=1S/C21H13ClF2N2O4S/c1-29-20(28)13-6-7-30-18(13)10-31-21-25-16-4-2-11(22)8-14(16)19(27)26(21)17-5-3-12(23)9-15(17)24/h2-9H,10H2,1H3. The number of fused-ring (bicyclic) bond motifs is 1. The molecule has 0 radical (unpaired) electrons. The topological polar surface area (TPSA) is 74.3 Å². The smallest absolute Gasteiger partial charge is 0.341 e. The van der Waals surface area contributed by atoms with Crippen LogP contribution in [0.4, 0.5) is 8.78 Å². The number of esters is 1. The van der Waals surface area contributed by atoms with E-state index in [0.717, 1.165) is 28.5 Å². The van der Waals surface area contributed by atoms with Gasteiger partial charge in [-0.1, -0.05) is 23.4 Å². The van der Waals surface area contributed by atoms with Crippen LogP contribution in [-0.4, -0.2) is 22.6 Å². The highest BCUT2D eigenvalue weighted by atomic mass is 35.5. The lowest BCUT2D eigenvalue weighted by Gasteiger charge is -2.14. The van der Waals surface area contributed by atoms with E-state index < -0.39 is 23.2 Å². The molecule has 0 atom stereocenters. The molecule has 0 bridgehead atoms. The van der Waals surface area contributed by atoms with Gasteiger partial charge in [0, 0.05) is 11.1 Å². The van der Waals surface area contributed by atoms with Crippen LogP contribution in [0.3, 0.4) is 0 Å². The second-order valence-electron chi connectivity index (χ2n) is 6.33. The maximum atomic E-state index is 14.6. The fraction of sp³-hybridized carbons (Fsp3) is 0.0952. The predicted molar refractivity (Wildman–Crippen MR) is 112 cm³/mol. The second-order valence-corrected chi connectivity index (χ2v) is 7.71. The van der Waals surface area contributed by atoms with Crippen LogP contribution in [0.15, 0.2) is 63.1 Å². The Morgan fingerprint density at radius 1 is 1.23 bits per heavy atom. The molecule has 158 valence electrons. The summed E-state index contributed by atoms with van der Waals surface area (Å²) in [5.74, 6) is -1.88. The molecule has 31 heavy (non-hydrogen) atoms. The molecule has 0 aliphatic heterocycles. The number of thioether (sulfide) groups is 1. The van der Waals surface area contributed by atoms with Gasteiger partial charge in [0.25, 0.3) is 5.56 Å². The summed E-state index contributed by atoms with van der Waals surface area (Å²) in [6.45, 7) is 0. The number of nitrogens with zero attached hydrogens (tertiary/aromatic N) is 2. The highest BCUT2D eigenvalue weighted by Gasteiger charge is 2.20. The zero-order valence-corrected chi connectivity index (χ0v) is 17.5. The van der Waals surface area contributed by atoms with E-state index in [-0.39, 0.29) is 27.5 Å². The van der Waals surface area contributed by atoms with Crippen molar-refractivity contribution in [2.45, 2.75) is 10.9 Å². The van der Waals surface area contributed by atoms with E-state index in [9.17, 15) is 18.4 Å². The minimum atomic E-state index is -0.930. The van der Waals surface area contributed by atoms with Gasteiger partial charge in [0.1, 0.15) is 23.0 Å². The summed E-state index contributed by atoms with van der Waals surface area (Å²) in [5.41, 5.74) is -0.170. The van der Waals surface area contributed by atoms with E-state index in [2.05, 4.69) is 4.98 Å². The molecule has 2 heterocycles. The number of methoxy groups -OCH3 is 1. The highest BCUT2D eigenvalue weighted by molar-refractivity contribution is 7.98. The molecule has 10 heteroatoms. The summed E-state index contributed by atoms with van der Waals surface area (Å²) in [4.78, 5) is 29.5. The minimum absolute atomic E-state index is 0.103. The van der Waals surface area contributed by atoms with Gasteiger partial charge < -0.3 is 9.15 Å². The third kappa shape index (κ3) is 4.06. The third-order valence-electron chi connectivity index (χ3n) is 4.43. The fourth-order valence-electron chi connectivity index (χ4n) is 2.98. The molecule has 0 saturated heterocycles. The molecule has 4 rings (SSSR count). The lowest BCUT2D eigenvalue weighted by Crippen LogP contribution is -2.23. The van der Waals surface area contributed by atoms with Crippen molar-refractivity contribution in [3.63, 3.8) is 0 Å². The monoisotopic (exact) mass is 462 g/mol. The van der Waals surface area contributed by atoms with E-state index in [1.54, 1.807) is 12.1 Å². The van der Waals surface area contributed by atoms with Crippen LogP contribution in [0, 0.1) is 11.6 Å². The summed E-state index contributed by atoms with van der Waals surface area (Å²) < 4.78 is 39.1. The Labute approximate surface area is 183 Å². The van der Waals surface area contributed by atoms with Gasteiger partial charge in [0.15, 0.2) is 5.16 Å². The van der Waals surface area contributed by atoms with Crippen molar-refractivity contribution < 1.29 is 22.7 Å². The van der Waals surface area contributed by atoms with Gasteiger partial charge in [0.05, 0.1) is 35.7 Å². The molecule has 0 aliphatic rings. The zero-order chi connectivity index (χ0) is 22.1. The van der Waals surface area contributed by atoms with Crippen LogP contribution in [0.5, 0.6) is 0 Å². The van der Waals surface area contributed by atoms with Gasteiger partial charge >= 0.3 is 5.97 Å². The normalized spacial score (nSPS) is 11.1. The average molecular weight is 463 g/mol. The van der Waals surface area contributed by atoms with Crippen molar-refractivity contribution >= 4 is 40.2 Å². The fourth-order valence-corrected chi connectivity index (χ4v) is 4.11. The number of hydrogen-bond donors (Lipinski definition) is 0. The number of carbonyl (C=O) groups excluding carboxylic acids is 1. The molecular weight excluding hydrogens is 450 g/mol. The molecule has 0 amide bonds. The van der Waals surface area contributed by atoms with Crippen molar-refractivity contribution in [3.05, 3.63) is 87.1 Å². The van der Waals surface area contributed by atoms with E-state index in [1.807, 2.05) is 0 Å². The molecule has 4 aromatic rings. The molecule has 0 fully saturated rings. The number of furan rings is 1. The SMILES string of the molecule is COC(=O)c1ccoc1CSc1nc2ccc(Cl)cc2c(=O)n1-c1ccc(F)cc1F. The van der Waals surface area contributed by atoms with E-state index in [4.69, 9.17) is 20.8 Å². The van der Waals surface area contributed by atoms with E-state index >= 15 is 0 Å². The van der Waals surface area contributed by atoms with Crippen LogP contribution in [0.25, 0.3) is 16.6 Å². The number of carbonyl (C=O) groups is 1. The Hall–Kier alpha value is -3.17. The Morgan fingerprint density at radius 3 is 2.77 bits per heavy atom. The number of benzene rings is 2. The third-order valence-corrected chi connectivity index (χ3v) is 5.61. The number of halogens is 3. The molecule has 2 aromatic heterocycles. The largest absolute Gasteiger partial charge is 0.468 e. The van der Waals surface area contributed by atoms with Crippen LogP contribution >= 0.6 is 23.4 Å². The molecular formula is C21H13ClF2N2O4S. The van der Waals surface area contributed by atoms with Gasteiger partial charge in [-0.05, 0) is 36.4 Å². The Bertz CT molecular complexity index is 1370. The molecule has 6 nitrogen and oxygen atoms in total. The van der Waals surface area contributed by atoms with Crippen LogP contribution < -0.4 is 5.56 Å². The summed E-state index contributed by atoms with van der Waals surface area (Å²) >= 11 is 7.05. The van der Waals surface area contributed by atoms with Crippen LogP contribution in [0.1, 0.15) is 16.1 Å². The molecule has 0 aliphatic carbocycles. The molecule has 0 unspecified atom stereocenters. The summed E-state index contributed by atoms with van der Waals surface area (Å²) in [5, 5.41) is 0.614. The first-order valence-electron chi connectivity index (χ1n) is 8.84. The van der Waals surface area contributed by atoms with E-state index in [0.29, 0.717) is 22.4 Å². The first-order chi connectivity index (χ1) is 14.9. The first kappa shape index (κ1) is 21.1. The van der Waals surface area contributed by atoms with Gasteiger partial charge in [-0.25, -0.2) is 18.6 Å². The molecule has 0 spiro atoms. The molecule has 2 aromatic carbocycles. The second kappa shape index (κ2) is 8.52. The van der Waals surface area contributed by atoms with Crippen LogP contribution in [0.2, 0.25) is 5.02 Å². The summed E-state index contributed by atoms with van der Waals surface area (Å²) in [6.07, 6.45) is 1.34. The van der Waals surface area contributed by atoms with Gasteiger partial charge in [-0.15, -0.1) is 0 Å². The van der Waals surface area contributed by atoms with Crippen molar-refractivity contribution in [2.24, 2.45) is 0 Å².